The summed E-state index contributed by atoms with van der Waals surface area (Å²) in [6.45, 7) is 2.16. The Labute approximate surface area is 119 Å². The van der Waals surface area contributed by atoms with E-state index in [1.54, 1.807) is 7.11 Å². The van der Waals surface area contributed by atoms with Crippen LogP contribution in [0.1, 0.15) is 43.2 Å². The van der Waals surface area contributed by atoms with Crippen LogP contribution in [0.2, 0.25) is 0 Å². The summed E-state index contributed by atoms with van der Waals surface area (Å²) in [7, 11) is 1.77. The topological polar surface area (TPSA) is 9.23 Å². The van der Waals surface area contributed by atoms with Gasteiger partial charge in [-0.2, -0.15) is 0 Å². The molecule has 2 rings (SSSR count). The first-order valence-corrected chi connectivity index (χ1v) is 7.88. The second-order valence-corrected chi connectivity index (χ2v) is 6.80. The fourth-order valence-electron chi connectivity index (χ4n) is 2.96. The lowest BCUT2D eigenvalue weighted by Crippen LogP contribution is -2.09. The number of aryl methyl sites for hydroxylation is 1. The first kappa shape index (κ1) is 13.9. The van der Waals surface area contributed by atoms with E-state index in [2.05, 4.69) is 41.1 Å². The Morgan fingerprint density at radius 2 is 2.06 bits per heavy atom. The van der Waals surface area contributed by atoms with Crippen LogP contribution in [0.5, 0.6) is 5.75 Å². The molecule has 100 valence electrons. The second kappa shape index (κ2) is 6.60. The minimum absolute atomic E-state index is 0.709. The van der Waals surface area contributed by atoms with Crippen molar-refractivity contribution in [2.24, 2.45) is 5.92 Å². The number of methoxy groups -OCH3 is 1. The van der Waals surface area contributed by atoms with Gasteiger partial charge in [0.2, 0.25) is 0 Å². The highest BCUT2D eigenvalue weighted by Crippen LogP contribution is 2.32. The van der Waals surface area contributed by atoms with E-state index in [1.165, 1.54) is 43.2 Å². The van der Waals surface area contributed by atoms with Crippen LogP contribution < -0.4 is 4.74 Å². The second-order valence-electron chi connectivity index (χ2n) is 5.50. The van der Waals surface area contributed by atoms with Crippen molar-refractivity contribution in [1.82, 2.24) is 0 Å². The molecule has 2 atom stereocenters. The van der Waals surface area contributed by atoms with Crippen molar-refractivity contribution in [2.75, 3.05) is 7.11 Å². The highest BCUT2D eigenvalue weighted by atomic mass is 79.9. The molecular formula is C16H23BrO. The minimum atomic E-state index is 0.709. The van der Waals surface area contributed by atoms with E-state index in [4.69, 9.17) is 4.74 Å². The maximum atomic E-state index is 5.49. The van der Waals surface area contributed by atoms with Crippen LogP contribution in [0.25, 0.3) is 0 Å². The van der Waals surface area contributed by atoms with Gasteiger partial charge in [-0.1, -0.05) is 52.9 Å². The van der Waals surface area contributed by atoms with Gasteiger partial charge in [0.25, 0.3) is 0 Å². The zero-order chi connectivity index (χ0) is 13.0. The fraction of sp³-hybridized carbons (Fsp3) is 0.625. The Hall–Kier alpha value is -0.500. The number of halogens is 1. The molecule has 0 aliphatic heterocycles. The van der Waals surface area contributed by atoms with Crippen molar-refractivity contribution in [1.29, 1.82) is 0 Å². The average Bonchev–Trinajstić information content (AvgIpc) is 2.54. The van der Waals surface area contributed by atoms with Crippen LogP contribution in [0.4, 0.5) is 0 Å². The molecule has 1 saturated carbocycles. The normalized spacial score (nSPS) is 24.6. The molecule has 2 unspecified atom stereocenters. The molecule has 0 radical (unpaired) electrons. The van der Waals surface area contributed by atoms with Crippen LogP contribution in [0.3, 0.4) is 0 Å². The molecule has 1 aromatic rings. The number of rotatable bonds is 3. The molecule has 0 aromatic heterocycles. The van der Waals surface area contributed by atoms with E-state index in [9.17, 15) is 0 Å². The van der Waals surface area contributed by atoms with E-state index in [0.29, 0.717) is 4.83 Å². The summed E-state index contributed by atoms with van der Waals surface area (Å²) in [5, 5.41) is 0. The van der Waals surface area contributed by atoms with Crippen LogP contribution in [0, 0.1) is 12.8 Å². The number of ether oxygens (including phenoxy) is 1. The molecule has 1 fully saturated rings. The zero-order valence-electron chi connectivity index (χ0n) is 11.4. The molecule has 2 heteroatoms. The zero-order valence-corrected chi connectivity index (χ0v) is 13.0. The number of alkyl halides is 1. The van der Waals surface area contributed by atoms with Crippen LogP contribution in [-0.4, -0.2) is 11.9 Å². The lowest BCUT2D eigenvalue weighted by molar-refractivity contribution is 0.398. The molecule has 18 heavy (non-hydrogen) atoms. The molecule has 0 saturated heterocycles. The van der Waals surface area contributed by atoms with Crippen molar-refractivity contribution < 1.29 is 4.74 Å². The average molecular weight is 311 g/mol. The van der Waals surface area contributed by atoms with Crippen LogP contribution in [0.15, 0.2) is 18.2 Å². The SMILES string of the molecule is COc1ccc(C)cc1CC1CCCCC(Br)C1. The summed E-state index contributed by atoms with van der Waals surface area (Å²) >= 11 is 3.81. The van der Waals surface area contributed by atoms with Gasteiger partial charge < -0.3 is 4.74 Å². The van der Waals surface area contributed by atoms with Crippen LogP contribution in [-0.2, 0) is 6.42 Å². The van der Waals surface area contributed by atoms with E-state index in [1.807, 2.05) is 0 Å². The van der Waals surface area contributed by atoms with Gasteiger partial charge in [0.15, 0.2) is 0 Å². The van der Waals surface area contributed by atoms with E-state index >= 15 is 0 Å². The molecule has 0 spiro atoms. The Kier molecular flexibility index (Phi) is 5.11. The van der Waals surface area contributed by atoms with Gasteiger partial charge in [0.05, 0.1) is 7.11 Å². The third-order valence-electron chi connectivity index (χ3n) is 3.91. The lowest BCUT2D eigenvalue weighted by atomic mass is 9.91. The van der Waals surface area contributed by atoms with Crippen molar-refractivity contribution in [3.63, 3.8) is 0 Å². The van der Waals surface area contributed by atoms with Crippen molar-refractivity contribution in [3.8, 4) is 5.75 Å². The molecule has 0 N–H and O–H groups in total. The Morgan fingerprint density at radius 1 is 1.28 bits per heavy atom. The van der Waals surface area contributed by atoms with Gasteiger partial charge >= 0.3 is 0 Å². The third kappa shape index (κ3) is 3.74. The summed E-state index contributed by atoms with van der Waals surface area (Å²) in [5.41, 5.74) is 2.71. The van der Waals surface area contributed by atoms with E-state index in [-0.39, 0.29) is 0 Å². The molecule has 1 aliphatic carbocycles. The third-order valence-corrected chi connectivity index (χ3v) is 4.74. The predicted octanol–water partition coefficient (Wildman–Crippen LogP) is 4.89. The molecular weight excluding hydrogens is 288 g/mol. The smallest absolute Gasteiger partial charge is 0.122 e. The van der Waals surface area contributed by atoms with Gasteiger partial charge in [-0.15, -0.1) is 0 Å². The summed E-state index contributed by atoms with van der Waals surface area (Å²) in [6, 6.07) is 6.52. The predicted molar refractivity (Wildman–Crippen MR) is 80.7 cm³/mol. The maximum absolute atomic E-state index is 5.49. The van der Waals surface area contributed by atoms with Gasteiger partial charge in [-0.05, 0) is 43.7 Å². The van der Waals surface area contributed by atoms with Crippen LogP contribution >= 0.6 is 15.9 Å². The molecule has 1 aliphatic rings. The standard InChI is InChI=1S/C16H23BrO/c1-12-7-8-16(18-2)14(9-12)10-13-5-3-4-6-15(17)11-13/h7-9,13,15H,3-6,10-11H2,1-2H3. The molecule has 1 nitrogen and oxygen atoms in total. The summed E-state index contributed by atoms with van der Waals surface area (Å²) in [6.07, 6.45) is 7.91. The summed E-state index contributed by atoms with van der Waals surface area (Å²) in [5.74, 6) is 1.85. The number of hydrogen-bond acceptors (Lipinski definition) is 1. The molecule has 0 amide bonds. The molecule has 0 heterocycles. The first-order valence-electron chi connectivity index (χ1n) is 6.96. The Balaban J connectivity index is 2.09. The van der Waals surface area contributed by atoms with Crippen molar-refractivity contribution in [2.45, 2.75) is 50.3 Å². The highest BCUT2D eigenvalue weighted by Gasteiger charge is 2.19. The summed E-state index contributed by atoms with van der Waals surface area (Å²) < 4.78 is 5.49. The highest BCUT2D eigenvalue weighted by molar-refractivity contribution is 9.09. The monoisotopic (exact) mass is 310 g/mol. The number of benzene rings is 1. The quantitative estimate of drug-likeness (QED) is 0.570. The maximum Gasteiger partial charge on any atom is 0.122 e. The van der Waals surface area contributed by atoms with Gasteiger partial charge in [0, 0.05) is 4.83 Å². The van der Waals surface area contributed by atoms with Gasteiger partial charge in [-0.25, -0.2) is 0 Å². The first-order chi connectivity index (χ1) is 8.69. The van der Waals surface area contributed by atoms with Crippen molar-refractivity contribution >= 4 is 15.9 Å². The fourth-order valence-corrected chi connectivity index (χ4v) is 3.81. The lowest BCUT2D eigenvalue weighted by Gasteiger charge is -2.18. The molecule has 1 aromatic carbocycles. The largest absolute Gasteiger partial charge is 0.496 e. The Bertz CT molecular complexity index is 389. The minimum Gasteiger partial charge on any atom is -0.496 e. The molecule has 0 bridgehead atoms. The van der Waals surface area contributed by atoms with Gasteiger partial charge in [-0.3, -0.25) is 0 Å². The van der Waals surface area contributed by atoms with Crippen molar-refractivity contribution in [3.05, 3.63) is 29.3 Å². The summed E-state index contributed by atoms with van der Waals surface area (Å²) in [4.78, 5) is 0.709. The van der Waals surface area contributed by atoms with E-state index < -0.39 is 0 Å². The number of hydrogen-bond donors (Lipinski definition) is 0. The van der Waals surface area contributed by atoms with E-state index in [0.717, 1.165) is 18.1 Å². The Morgan fingerprint density at radius 3 is 2.83 bits per heavy atom. The van der Waals surface area contributed by atoms with Gasteiger partial charge in [0.1, 0.15) is 5.75 Å².